The number of aryl methyl sites for hydroxylation is 3. The number of benzene rings is 1. The summed E-state index contributed by atoms with van der Waals surface area (Å²) in [7, 11) is 0. The van der Waals surface area contributed by atoms with Crippen molar-refractivity contribution >= 4 is 11.3 Å². The molecular formula is C18H26N2S. The first kappa shape index (κ1) is 16.2. The number of nitrogens with zero attached hydrogens (tertiary/aromatic N) is 1. The van der Waals surface area contributed by atoms with E-state index in [9.17, 15) is 0 Å². The van der Waals surface area contributed by atoms with Crippen molar-refractivity contribution in [2.45, 2.75) is 59.0 Å². The first-order valence-electron chi connectivity index (χ1n) is 7.74. The van der Waals surface area contributed by atoms with Gasteiger partial charge in [0, 0.05) is 23.4 Å². The van der Waals surface area contributed by atoms with E-state index in [0.717, 1.165) is 25.8 Å². The van der Waals surface area contributed by atoms with Gasteiger partial charge >= 0.3 is 0 Å². The molecule has 0 aliphatic carbocycles. The molecule has 1 N–H and O–H groups in total. The predicted molar refractivity (Wildman–Crippen MR) is 91.9 cm³/mol. The normalized spacial score (nSPS) is 11.8. The highest BCUT2D eigenvalue weighted by Gasteiger charge is 2.13. The van der Waals surface area contributed by atoms with Gasteiger partial charge in [-0.3, -0.25) is 0 Å². The van der Waals surface area contributed by atoms with E-state index in [1.807, 2.05) is 11.3 Å². The number of hydrogen-bond acceptors (Lipinski definition) is 3. The van der Waals surface area contributed by atoms with Crippen molar-refractivity contribution in [3.63, 3.8) is 0 Å². The number of aromatic nitrogens is 1. The molecule has 3 heteroatoms. The lowest BCUT2D eigenvalue weighted by atomic mass is 10.1. The second kappa shape index (κ2) is 7.19. The molecule has 1 aromatic carbocycles. The zero-order valence-corrected chi connectivity index (χ0v) is 14.4. The van der Waals surface area contributed by atoms with Gasteiger partial charge in [-0.05, 0) is 39.2 Å². The minimum absolute atomic E-state index is 0.152. The third kappa shape index (κ3) is 5.25. The Morgan fingerprint density at radius 1 is 1.10 bits per heavy atom. The summed E-state index contributed by atoms with van der Waals surface area (Å²) in [5, 5.41) is 4.84. The topological polar surface area (TPSA) is 24.9 Å². The highest BCUT2D eigenvalue weighted by atomic mass is 32.1. The van der Waals surface area contributed by atoms with Crippen LogP contribution in [0.25, 0.3) is 0 Å². The van der Waals surface area contributed by atoms with E-state index in [2.05, 4.69) is 63.3 Å². The lowest BCUT2D eigenvalue weighted by Crippen LogP contribution is -2.35. The van der Waals surface area contributed by atoms with Gasteiger partial charge in [0.1, 0.15) is 0 Å². The number of rotatable bonds is 6. The first-order chi connectivity index (χ1) is 9.98. The minimum atomic E-state index is 0.152. The molecule has 0 radical (unpaired) electrons. The summed E-state index contributed by atoms with van der Waals surface area (Å²) in [6.45, 7) is 9.73. The van der Waals surface area contributed by atoms with Crippen molar-refractivity contribution < 1.29 is 0 Å². The molecule has 0 aliphatic rings. The molecule has 0 bridgehead atoms. The fourth-order valence-corrected chi connectivity index (χ4v) is 3.30. The monoisotopic (exact) mass is 302 g/mol. The Labute approximate surface area is 132 Å². The fraction of sp³-hybridized carbons (Fsp3) is 0.500. The zero-order valence-electron chi connectivity index (χ0n) is 13.6. The van der Waals surface area contributed by atoms with Crippen molar-refractivity contribution in [2.75, 3.05) is 0 Å². The average molecular weight is 302 g/mol. The molecule has 0 saturated carbocycles. The molecule has 114 valence electrons. The highest BCUT2D eigenvalue weighted by Crippen LogP contribution is 2.21. The Morgan fingerprint density at radius 3 is 2.43 bits per heavy atom. The zero-order chi connectivity index (χ0) is 15.3. The molecule has 0 amide bonds. The highest BCUT2D eigenvalue weighted by molar-refractivity contribution is 7.11. The number of nitrogens with one attached hydrogen (secondary N) is 1. The summed E-state index contributed by atoms with van der Waals surface area (Å²) in [5.74, 6) is 0. The molecule has 0 unspecified atom stereocenters. The molecule has 0 aliphatic heterocycles. The molecule has 0 spiro atoms. The van der Waals surface area contributed by atoms with E-state index in [4.69, 9.17) is 4.98 Å². The molecular weight excluding hydrogens is 276 g/mol. The lowest BCUT2D eigenvalue weighted by molar-refractivity contribution is 0.425. The average Bonchev–Trinajstić information content (AvgIpc) is 2.86. The van der Waals surface area contributed by atoms with Crippen molar-refractivity contribution in [1.82, 2.24) is 10.3 Å². The molecule has 0 saturated heterocycles. The third-order valence-corrected chi connectivity index (χ3v) is 4.56. The second-order valence-corrected chi connectivity index (χ2v) is 7.59. The van der Waals surface area contributed by atoms with E-state index >= 15 is 0 Å². The van der Waals surface area contributed by atoms with Crippen LogP contribution in [0, 0.1) is 0 Å². The van der Waals surface area contributed by atoms with Crippen LogP contribution in [0.3, 0.4) is 0 Å². The van der Waals surface area contributed by atoms with Crippen molar-refractivity contribution in [3.05, 3.63) is 51.5 Å². The number of hydrogen-bond donors (Lipinski definition) is 1. The van der Waals surface area contributed by atoms with Crippen molar-refractivity contribution in [1.29, 1.82) is 0 Å². The van der Waals surface area contributed by atoms with Gasteiger partial charge in [-0.25, -0.2) is 4.98 Å². The fourth-order valence-electron chi connectivity index (χ4n) is 2.20. The van der Waals surface area contributed by atoms with Crippen LogP contribution in [0.1, 0.15) is 48.8 Å². The standard InChI is InChI=1S/C18H26N2S/c1-5-15-16(13-19-18(2,3)4)21-17(20-15)12-11-14-9-7-6-8-10-14/h6-10,19H,5,11-13H2,1-4H3. The van der Waals surface area contributed by atoms with E-state index in [-0.39, 0.29) is 5.54 Å². The van der Waals surface area contributed by atoms with E-state index in [1.54, 1.807) is 0 Å². The summed E-state index contributed by atoms with van der Waals surface area (Å²) in [5.41, 5.74) is 2.80. The van der Waals surface area contributed by atoms with Crippen molar-refractivity contribution in [2.24, 2.45) is 0 Å². The molecule has 2 aromatic rings. The quantitative estimate of drug-likeness (QED) is 0.856. The van der Waals surface area contributed by atoms with Crippen LogP contribution in [-0.4, -0.2) is 10.5 Å². The Balaban J connectivity index is 1.99. The smallest absolute Gasteiger partial charge is 0.0934 e. The molecule has 2 rings (SSSR count). The summed E-state index contributed by atoms with van der Waals surface area (Å²) in [6, 6.07) is 10.7. The Morgan fingerprint density at radius 2 is 1.81 bits per heavy atom. The van der Waals surface area contributed by atoms with Gasteiger partial charge in [0.05, 0.1) is 10.7 Å². The van der Waals surface area contributed by atoms with Crippen LogP contribution in [0.15, 0.2) is 30.3 Å². The minimum Gasteiger partial charge on any atom is -0.307 e. The van der Waals surface area contributed by atoms with Gasteiger partial charge in [-0.15, -0.1) is 11.3 Å². The molecule has 2 nitrogen and oxygen atoms in total. The number of thiazole rings is 1. The molecule has 1 heterocycles. The Bertz CT molecular complexity index is 552. The molecule has 1 aromatic heterocycles. The van der Waals surface area contributed by atoms with Crippen LogP contribution in [0.4, 0.5) is 0 Å². The van der Waals surface area contributed by atoms with Crippen LogP contribution < -0.4 is 5.32 Å². The summed E-state index contributed by atoms with van der Waals surface area (Å²) < 4.78 is 0. The first-order valence-corrected chi connectivity index (χ1v) is 8.56. The van der Waals surface area contributed by atoms with E-state index in [1.165, 1.54) is 21.1 Å². The Hall–Kier alpha value is -1.19. The van der Waals surface area contributed by atoms with Gasteiger partial charge in [0.15, 0.2) is 0 Å². The third-order valence-electron chi connectivity index (χ3n) is 3.41. The molecule has 0 atom stereocenters. The molecule has 21 heavy (non-hydrogen) atoms. The maximum absolute atomic E-state index is 4.82. The second-order valence-electron chi connectivity index (χ2n) is 6.42. The maximum Gasteiger partial charge on any atom is 0.0934 e. The van der Waals surface area contributed by atoms with Crippen LogP contribution in [-0.2, 0) is 25.8 Å². The van der Waals surface area contributed by atoms with Gasteiger partial charge in [0.25, 0.3) is 0 Å². The van der Waals surface area contributed by atoms with Gasteiger partial charge in [-0.2, -0.15) is 0 Å². The van der Waals surface area contributed by atoms with Crippen LogP contribution in [0.5, 0.6) is 0 Å². The van der Waals surface area contributed by atoms with Crippen LogP contribution >= 0.6 is 11.3 Å². The van der Waals surface area contributed by atoms with E-state index in [0.29, 0.717) is 0 Å². The maximum atomic E-state index is 4.82. The lowest BCUT2D eigenvalue weighted by Gasteiger charge is -2.20. The van der Waals surface area contributed by atoms with Gasteiger partial charge in [0.2, 0.25) is 0 Å². The summed E-state index contributed by atoms with van der Waals surface area (Å²) in [6.07, 6.45) is 3.13. The Kier molecular flexibility index (Phi) is 5.54. The van der Waals surface area contributed by atoms with E-state index < -0.39 is 0 Å². The largest absolute Gasteiger partial charge is 0.307 e. The summed E-state index contributed by atoms with van der Waals surface area (Å²) in [4.78, 5) is 6.22. The molecule has 0 fully saturated rings. The van der Waals surface area contributed by atoms with Gasteiger partial charge in [-0.1, -0.05) is 37.3 Å². The van der Waals surface area contributed by atoms with Gasteiger partial charge < -0.3 is 5.32 Å². The summed E-state index contributed by atoms with van der Waals surface area (Å²) >= 11 is 1.87. The van der Waals surface area contributed by atoms with Crippen molar-refractivity contribution in [3.8, 4) is 0 Å². The predicted octanol–water partition coefficient (Wildman–Crippen LogP) is 4.38. The van der Waals surface area contributed by atoms with Crippen LogP contribution in [0.2, 0.25) is 0 Å². The SMILES string of the molecule is CCc1nc(CCc2ccccc2)sc1CNC(C)(C)C.